The van der Waals surface area contributed by atoms with Gasteiger partial charge in [-0.3, -0.25) is 4.98 Å². The Morgan fingerprint density at radius 1 is 0.474 bits per heavy atom. The maximum Gasteiger partial charge on any atom is 0.0991 e. The van der Waals surface area contributed by atoms with Gasteiger partial charge in [-0.05, 0) is 85.8 Å². The Labute approximate surface area is 221 Å². The van der Waals surface area contributed by atoms with Crippen molar-refractivity contribution in [3.8, 4) is 39.4 Å². The second kappa shape index (κ2) is 9.00. The number of aromatic nitrogens is 1. The number of nitriles is 1. The van der Waals surface area contributed by atoms with Gasteiger partial charge < -0.3 is 0 Å². The molecule has 0 radical (unpaired) electrons. The molecule has 2 heteroatoms. The molecule has 1 heterocycles. The highest BCUT2D eigenvalue weighted by atomic mass is 14.6. The molecule has 6 aromatic carbocycles. The lowest BCUT2D eigenvalue weighted by atomic mass is 9.93. The van der Waals surface area contributed by atoms with Crippen molar-refractivity contribution in [2.45, 2.75) is 0 Å². The lowest BCUT2D eigenvalue weighted by Gasteiger charge is -2.11. The van der Waals surface area contributed by atoms with Crippen molar-refractivity contribution >= 4 is 32.4 Å². The summed E-state index contributed by atoms with van der Waals surface area (Å²) in [7, 11) is 0. The predicted molar refractivity (Wildman–Crippen MR) is 158 cm³/mol. The summed E-state index contributed by atoms with van der Waals surface area (Å²) in [5, 5.41) is 15.1. The first kappa shape index (κ1) is 22.0. The van der Waals surface area contributed by atoms with Crippen LogP contribution < -0.4 is 0 Å². The Morgan fingerprint density at radius 2 is 1.08 bits per heavy atom. The number of fused-ring (bicyclic) bond motifs is 3. The van der Waals surface area contributed by atoms with Crippen molar-refractivity contribution in [3.05, 3.63) is 139 Å². The molecule has 176 valence electrons. The lowest BCUT2D eigenvalue weighted by molar-refractivity contribution is 1.41. The van der Waals surface area contributed by atoms with Crippen molar-refractivity contribution in [3.63, 3.8) is 0 Å². The highest BCUT2D eigenvalue weighted by molar-refractivity contribution is 6.01. The fourth-order valence-corrected chi connectivity index (χ4v) is 5.36. The van der Waals surface area contributed by atoms with Gasteiger partial charge in [-0.15, -0.1) is 0 Å². The fraction of sp³-hybridized carbons (Fsp3) is 0. The first-order chi connectivity index (χ1) is 18.8. The second-order valence-electron chi connectivity index (χ2n) is 9.59. The van der Waals surface area contributed by atoms with E-state index in [0.717, 1.165) is 22.0 Å². The highest BCUT2D eigenvalue weighted by Gasteiger charge is 2.09. The molecule has 0 aliphatic rings. The van der Waals surface area contributed by atoms with E-state index in [4.69, 9.17) is 0 Å². The number of hydrogen-bond donors (Lipinski definition) is 0. The molecule has 0 N–H and O–H groups in total. The topological polar surface area (TPSA) is 36.7 Å². The minimum Gasteiger partial charge on any atom is -0.256 e. The molecule has 7 aromatic rings. The van der Waals surface area contributed by atoms with Gasteiger partial charge in [0, 0.05) is 17.1 Å². The third-order valence-electron chi connectivity index (χ3n) is 7.32. The van der Waals surface area contributed by atoms with Gasteiger partial charge in [-0.25, -0.2) is 0 Å². The number of para-hydroxylation sites is 1. The highest BCUT2D eigenvalue weighted by Crippen LogP contribution is 2.35. The van der Waals surface area contributed by atoms with Gasteiger partial charge in [0.15, 0.2) is 0 Å². The molecule has 0 amide bonds. The minimum absolute atomic E-state index is 0.672. The number of benzene rings is 6. The van der Waals surface area contributed by atoms with E-state index in [9.17, 15) is 5.26 Å². The van der Waals surface area contributed by atoms with Gasteiger partial charge in [0.2, 0.25) is 0 Å². The van der Waals surface area contributed by atoms with Crippen LogP contribution in [0.1, 0.15) is 5.56 Å². The maximum absolute atomic E-state index is 9.17. The average Bonchev–Trinajstić information content (AvgIpc) is 3.00. The van der Waals surface area contributed by atoms with Crippen molar-refractivity contribution in [2.75, 3.05) is 0 Å². The molecule has 0 saturated heterocycles. The standard InChI is InChI=1S/C36H22N2/c37-23-24-9-11-26(12-10-24)33-7-1-4-25-13-14-31(22-35(25)33)29-15-16-30-21-32(18-17-28(30)20-29)34-8-2-5-27-6-3-19-38-36(27)34/h1-22H. The van der Waals surface area contributed by atoms with Gasteiger partial charge in [-0.2, -0.15) is 5.26 Å². The summed E-state index contributed by atoms with van der Waals surface area (Å²) in [6, 6.07) is 46.9. The maximum atomic E-state index is 9.17. The first-order valence-corrected chi connectivity index (χ1v) is 12.7. The molecule has 0 bridgehead atoms. The van der Waals surface area contributed by atoms with Crippen LogP contribution in [0, 0.1) is 11.3 Å². The van der Waals surface area contributed by atoms with Crippen LogP contribution in [0.5, 0.6) is 0 Å². The molecule has 38 heavy (non-hydrogen) atoms. The van der Waals surface area contributed by atoms with Gasteiger partial charge in [-0.1, -0.05) is 91.0 Å². The van der Waals surface area contributed by atoms with Crippen molar-refractivity contribution in [2.24, 2.45) is 0 Å². The quantitative estimate of drug-likeness (QED) is 0.251. The number of nitrogens with zero attached hydrogens (tertiary/aromatic N) is 2. The van der Waals surface area contributed by atoms with Gasteiger partial charge >= 0.3 is 0 Å². The molecule has 0 atom stereocenters. The van der Waals surface area contributed by atoms with Crippen LogP contribution in [0.25, 0.3) is 65.8 Å². The smallest absolute Gasteiger partial charge is 0.0991 e. The molecule has 0 spiro atoms. The van der Waals surface area contributed by atoms with Crippen LogP contribution in [0.15, 0.2) is 134 Å². The molecule has 0 saturated carbocycles. The molecule has 7 rings (SSSR count). The third kappa shape index (κ3) is 3.79. The Balaban J connectivity index is 1.30. The van der Waals surface area contributed by atoms with Crippen LogP contribution in [0.4, 0.5) is 0 Å². The summed E-state index contributed by atoms with van der Waals surface area (Å²) >= 11 is 0. The van der Waals surface area contributed by atoms with Crippen LogP contribution in [-0.2, 0) is 0 Å². The van der Waals surface area contributed by atoms with E-state index < -0.39 is 0 Å². The van der Waals surface area contributed by atoms with Crippen molar-refractivity contribution in [1.29, 1.82) is 5.26 Å². The van der Waals surface area contributed by atoms with Gasteiger partial charge in [0.05, 0.1) is 17.1 Å². The zero-order valence-corrected chi connectivity index (χ0v) is 20.6. The number of hydrogen-bond acceptors (Lipinski definition) is 2. The van der Waals surface area contributed by atoms with E-state index in [1.165, 1.54) is 43.8 Å². The molecule has 2 nitrogen and oxygen atoms in total. The van der Waals surface area contributed by atoms with Crippen LogP contribution in [-0.4, -0.2) is 4.98 Å². The molecule has 0 aliphatic carbocycles. The third-order valence-corrected chi connectivity index (χ3v) is 7.32. The molecular formula is C36H22N2. The van der Waals surface area contributed by atoms with Crippen LogP contribution in [0.2, 0.25) is 0 Å². The summed E-state index contributed by atoms with van der Waals surface area (Å²) in [6.45, 7) is 0. The second-order valence-corrected chi connectivity index (χ2v) is 9.59. The normalized spacial score (nSPS) is 11.1. The summed E-state index contributed by atoms with van der Waals surface area (Å²) in [4.78, 5) is 4.64. The number of rotatable bonds is 3. The monoisotopic (exact) mass is 482 g/mol. The summed E-state index contributed by atoms with van der Waals surface area (Å²) in [5.41, 5.74) is 8.68. The Hall–Kier alpha value is -5.26. The lowest BCUT2D eigenvalue weighted by Crippen LogP contribution is -1.86. The zero-order chi connectivity index (χ0) is 25.5. The van der Waals surface area contributed by atoms with E-state index >= 15 is 0 Å². The van der Waals surface area contributed by atoms with E-state index in [1.54, 1.807) is 0 Å². The van der Waals surface area contributed by atoms with Crippen molar-refractivity contribution < 1.29 is 0 Å². The van der Waals surface area contributed by atoms with Crippen LogP contribution >= 0.6 is 0 Å². The fourth-order valence-electron chi connectivity index (χ4n) is 5.36. The average molecular weight is 483 g/mol. The molecule has 1 aromatic heterocycles. The minimum atomic E-state index is 0.672. The Morgan fingerprint density at radius 3 is 1.87 bits per heavy atom. The van der Waals surface area contributed by atoms with E-state index in [1.807, 2.05) is 36.5 Å². The van der Waals surface area contributed by atoms with E-state index in [0.29, 0.717) is 5.56 Å². The van der Waals surface area contributed by atoms with Crippen molar-refractivity contribution in [1.82, 2.24) is 4.98 Å². The van der Waals surface area contributed by atoms with E-state index in [2.05, 4.69) is 108 Å². The molecule has 0 aliphatic heterocycles. The van der Waals surface area contributed by atoms with E-state index in [-0.39, 0.29) is 0 Å². The zero-order valence-electron chi connectivity index (χ0n) is 20.6. The summed E-state index contributed by atoms with van der Waals surface area (Å²) < 4.78 is 0. The van der Waals surface area contributed by atoms with Crippen LogP contribution in [0.3, 0.4) is 0 Å². The first-order valence-electron chi connectivity index (χ1n) is 12.7. The molecule has 0 fully saturated rings. The SMILES string of the molecule is N#Cc1ccc(-c2cccc3ccc(-c4ccc5cc(-c6cccc7cccnc67)ccc5c4)cc23)cc1. The Bertz CT molecular complexity index is 2020. The van der Waals surface area contributed by atoms with Gasteiger partial charge in [0.25, 0.3) is 0 Å². The summed E-state index contributed by atoms with van der Waals surface area (Å²) in [6.07, 6.45) is 1.86. The summed E-state index contributed by atoms with van der Waals surface area (Å²) in [5.74, 6) is 0. The predicted octanol–water partition coefficient (Wildman–Crippen LogP) is 9.41. The largest absolute Gasteiger partial charge is 0.256 e. The molecule has 0 unspecified atom stereocenters. The Kier molecular flexibility index (Phi) is 5.20. The molecular weight excluding hydrogens is 460 g/mol. The number of pyridine rings is 1. The van der Waals surface area contributed by atoms with Gasteiger partial charge in [0.1, 0.15) is 0 Å².